The fourth-order valence-corrected chi connectivity index (χ4v) is 4.70. The first-order chi connectivity index (χ1) is 16.9. The van der Waals surface area contributed by atoms with Crippen LogP contribution in [0.5, 0.6) is 0 Å². The highest BCUT2D eigenvalue weighted by Gasteiger charge is 2.42. The first-order valence-electron chi connectivity index (χ1n) is 11.4. The van der Waals surface area contributed by atoms with E-state index < -0.39 is 4.92 Å². The summed E-state index contributed by atoms with van der Waals surface area (Å²) in [6, 6.07) is 23.9. The summed E-state index contributed by atoms with van der Waals surface area (Å²) in [4.78, 5) is 17.2. The van der Waals surface area contributed by atoms with Crippen molar-refractivity contribution < 1.29 is 9.34 Å². The number of pyridine rings is 1. The zero-order valence-electron chi connectivity index (χ0n) is 19.3. The molecule has 2 atom stereocenters. The lowest BCUT2D eigenvalue weighted by Gasteiger charge is -2.26. The Morgan fingerprint density at radius 3 is 2.40 bits per heavy atom. The lowest BCUT2D eigenvalue weighted by molar-refractivity contribution is -0.384. The third-order valence-corrected chi connectivity index (χ3v) is 6.53. The molecule has 0 bridgehead atoms. The lowest BCUT2D eigenvalue weighted by atomic mass is 10.0. The van der Waals surface area contributed by atoms with Crippen LogP contribution in [-0.2, 0) is 0 Å². The Balaban J connectivity index is 1.55. The monoisotopic (exact) mass is 484 g/mol. The molecule has 1 N–H and O–H groups in total. The molecule has 2 aromatic carbocycles. The molecule has 0 radical (unpaired) electrons. The number of aromatic nitrogens is 1. The molecule has 1 aliphatic rings. The van der Waals surface area contributed by atoms with Crippen molar-refractivity contribution in [1.29, 1.82) is 0 Å². The number of nitro benzene ring substituents is 1. The first kappa shape index (κ1) is 22.7. The minimum atomic E-state index is -0.414. The predicted molar refractivity (Wildman–Crippen MR) is 139 cm³/mol. The van der Waals surface area contributed by atoms with Crippen LogP contribution in [0.2, 0.25) is 0 Å². The number of furan rings is 1. The van der Waals surface area contributed by atoms with Crippen molar-refractivity contribution in [3.8, 4) is 11.3 Å². The van der Waals surface area contributed by atoms with E-state index in [0.29, 0.717) is 22.6 Å². The summed E-state index contributed by atoms with van der Waals surface area (Å²) < 4.78 is 6.33. The minimum Gasteiger partial charge on any atom is -0.459 e. The van der Waals surface area contributed by atoms with E-state index in [0.717, 1.165) is 16.9 Å². The largest absolute Gasteiger partial charge is 0.459 e. The molecule has 1 fully saturated rings. The van der Waals surface area contributed by atoms with Gasteiger partial charge in [-0.3, -0.25) is 15.1 Å². The summed E-state index contributed by atoms with van der Waals surface area (Å²) in [5.41, 5.74) is 3.87. The number of hydrogen-bond acceptors (Lipinski definition) is 5. The molecular weight excluding hydrogens is 460 g/mol. The number of thiocarbonyl (C=S) groups is 1. The summed E-state index contributed by atoms with van der Waals surface area (Å²) >= 11 is 5.78. The van der Waals surface area contributed by atoms with Crippen LogP contribution < -0.4 is 10.2 Å². The highest BCUT2D eigenvalue weighted by molar-refractivity contribution is 7.80. The zero-order valence-corrected chi connectivity index (χ0v) is 20.1. The highest BCUT2D eigenvalue weighted by Crippen LogP contribution is 2.43. The third kappa shape index (κ3) is 4.40. The van der Waals surface area contributed by atoms with Gasteiger partial charge < -0.3 is 14.6 Å². The molecule has 1 aliphatic heterocycles. The van der Waals surface area contributed by atoms with Crippen molar-refractivity contribution in [2.75, 3.05) is 4.90 Å². The average Bonchev–Trinajstić information content (AvgIpc) is 3.49. The van der Waals surface area contributed by atoms with E-state index in [2.05, 4.69) is 53.3 Å². The first-order valence-corrected chi connectivity index (χ1v) is 11.8. The summed E-state index contributed by atoms with van der Waals surface area (Å²) in [6.45, 7) is 4.33. The Morgan fingerprint density at radius 2 is 1.77 bits per heavy atom. The topological polar surface area (TPSA) is 84.4 Å². The van der Waals surface area contributed by atoms with Gasteiger partial charge in [0.15, 0.2) is 5.11 Å². The van der Waals surface area contributed by atoms with Crippen molar-refractivity contribution in [1.82, 2.24) is 10.3 Å². The number of rotatable bonds is 6. The molecule has 0 unspecified atom stereocenters. The van der Waals surface area contributed by atoms with Crippen LogP contribution in [-0.4, -0.2) is 15.0 Å². The van der Waals surface area contributed by atoms with Crippen LogP contribution in [0.4, 0.5) is 11.4 Å². The molecule has 7 nitrogen and oxygen atoms in total. The third-order valence-electron chi connectivity index (χ3n) is 6.22. The summed E-state index contributed by atoms with van der Waals surface area (Å²) in [5.74, 6) is 1.77. The summed E-state index contributed by atoms with van der Waals surface area (Å²) in [5, 5.41) is 15.0. The molecule has 0 spiro atoms. The van der Waals surface area contributed by atoms with Crippen LogP contribution >= 0.6 is 12.2 Å². The molecular formula is C27H24N4O3S. The molecule has 0 aliphatic carbocycles. The molecule has 0 amide bonds. The van der Waals surface area contributed by atoms with E-state index in [4.69, 9.17) is 16.6 Å². The van der Waals surface area contributed by atoms with E-state index in [1.807, 2.05) is 30.3 Å². The number of non-ortho nitro benzene ring substituents is 1. The zero-order chi connectivity index (χ0) is 24.5. The van der Waals surface area contributed by atoms with Crippen LogP contribution in [0.25, 0.3) is 11.3 Å². The van der Waals surface area contributed by atoms with Gasteiger partial charge in [0, 0.05) is 29.6 Å². The fraction of sp³-hybridized carbons (Fsp3) is 0.185. The highest BCUT2D eigenvalue weighted by atomic mass is 32.1. The van der Waals surface area contributed by atoms with Crippen molar-refractivity contribution in [3.05, 3.63) is 112 Å². The molecule has 8 heteroatoms. The van der Waals surface area contributed by atoms with Gasteiger partial charge in [-0.25, -0.2) is 0 Å². The Bertz CT molecular complexity index is 1350. The van der Waals surface area contributed by atoms with E-state index in [1.165, 1.54) is 17.7 Å². The van der Waals surface area contributed by atoms with Gasteiger partial charge >= 0.3 is 0 Å². The number of nitrogens with zero attached hydrogens (tertiary/aromatic N) is 3. The van der Waals surface area contributed by atoms with Gasteiger partial charge in [0.25, 0.3) is 5.69 Å². The maximum absolute atomic E-state index is 11.0. The Kier molecular flexibility index (Phi) is 6.05. The van der Waals surface area contributed by atoms with E-state index in [1.54, 1.807) is 18.3 Å². The predicted octanol–water partition coefficient (Wildman–Crippen LogP) is 6.55. The molecule has 5 rings (SSSR count). The maximum atomic E-state index is 11.0. The standard InChI is InChI=1S/C27H24N4O3S/c1-17(2)18-6-10-20(11-7-18)30-26(25(29-27(30)35)22-5-3-4-16-28-22)24-15-14-23(34-24)19-8-12-21(13-9-19)31(32)33/h3-17,25-26H,1-2H3,(H,29,35)/t25-,26+/m0/s1. The van der Waals surface area contributed by atoms with Gasteiger partial charge in [-0.05, 0) is 72.2 Å². The fourth-order valence-electron chi connectivity index (χ4n) is 4.36. The number of hydrogen-bond donors (Lipinski definition) is 1. The van der Waals surface area contributed by atoms with E-state index in [-0.39, 0.29) is 17.8 Å². The van der Waals surface area contributed by atoms with Crippen molar-refractivity contribution in [2.45, 2.75) is 31.8 Å². The van der Waals surface area contributed by atoms with Crippen molar-refractivity contribution >= 4 is 28.7 Å². The Labute approximate surface area is 208 Å². The van der Waals surface area contributed by atoms with Crippen LogP contribution in [0, 0.1) is 10.1 Å². The number of benzene rings is 2. The molecule has 4 aromatic rings. The second-order valence-corrected chi connectivity index (χ2v) is 9.14. The second-order valence-electron chi connectivity index (χ2n) is 8.75. The molecule has 0 saturated carbocycles. The molecule has 176 valence electrons. The summed E-state index contributed by atoms with van der Waals surface area (Å²) in [6.07, 6.45) is 1.77. The number of nitrogens with one attached hydrogen (secondary N) is 1. The average molecular weight is 485 g/mol. The van der Waals surface area contributed by atoms with E-state index >= 15 is 0 Å². The lowest BCUT2D eigenvalue weighted by Crippen LogP contribution is -2.29. The Hall–Kier alpha value is -4.04. The quantitative estimate of drug-likeness (QED) is 0.189. The number of nitro groups is 1. The van der Waals surface area contributed by atoms with E-state index in [9.17, 15) is 10.1 Å². The maximum Gasteiger partial charge on any atom is 0.269 e. The van der Waals surface area contributed by atoms with Gasteiger partial charge in [-0.2, -0.15) is 0 Å². The normalized spacial score (nSPS) is 17.6. The summed E-state index contributed by atoms with van der Waals surface area (Å²) in [7, 11) is 0. The van der Waals surface area contributed by atoms with Crippen molar-refractivity contribution in [3.63, 3.8) is 0 Å². The molecule has 2 aromatic heterocycles. The van der Waals surface area contributed by atoms with Gasteiger partial charge in [-0.1, -0.05) is 32.0 Å². The van der Waals surface area contributed by atoms with Crippen LogP contribution in [0.15, 0.2) is 89.5 Å². The SMILES string of the molecule is CC(C)c1ccc(N2C(=S)N[C@@H](c3ccccn3)[C@H]2c2ccc(-c3ccc([N+](=O)[O-])cc3)o2)cc1. The van der Waals surface area contributed by atoms with Gasteiger partial charge in [0.05, 0.1) is 16.7 Å². The minimum absolute atomic E-state index is 0.0390. The van der Waals surface area contributed by atoms with Crippen LogP contribution in [0.1, 0.15) is 48.9 Å². The Morgan fingerprint density at radius 1 is 1.03 bits per heavy atom. The van der Waals surface area contributed by atoms with Crippen molar-refractivity contribution in [2.24, 2.45) is 0 Å². The molecule has 1 saturated heterocycles. The van der Waals surface area contributed by atoms with Gasteiger partial charge in [-0.15, -0.1) is 0 Å². The smallest absolute Gasteiger partial charge is 0.269 e. The molecule has 3 heterocycles. The number of anilines is 1. The van der Waals surface area contributed by atoms with Crippen LogP contribution in [0.3, 0.4) is 0 Å². The van der Waals surface area contributed by atoms with Gasteiger partial charge in [0.1, 0.15) is 17.6 Å². The second kappa shape index (κ2) is 9.31. The molecule has 35 heavy (non-hydrogen) atoms. The van der Waals surface area contributed by atoms with Gasteiger partial charge in [0.2, 0.25) is 0 Å².